The van der Waals surface area contributed by atoms with E-state index in [9.17, 15) is 8.42 Å². The highest BCUT2D eigenvalue weighted by Gasteiger charge is 2.18. The Morgan fingerprint density at radius 1 is 1.12 bits per heavy atom. The number of allylic oxidation sites excluding steroid dienone is 1. The van der Waals surface area contributed by atoms with Crippen LogP contribution in [0.25, 0.3) is 0 Å². The van der Waals surface area contributed by atoms with Crippen molar-refractivity contribution in [1.82, 2.24) is 4.72 Å². The predicted octanol–water partition coefficient (Wildman–Crippen LogP) is 2.81. The fourth-order valence-corrected chi connectivity index (χ4v) is 3.32. The van der Waals surface area contributed by atoms with E-state index >= 15 is 0 Å². The molecule has 0 atom stereocenters. The first kappa shape index (κ1) is 13.8. The van der Waals surface area contributed by atoms with Gasteiger partial charge in [-0.15, -0.1) is 0 Å². The molecule has 1 rings (SSSR count). The van der Waals surface area contributed by atoms with Crippen LogP contribution in [0.4, 0.5) is 0 Å². The third-order valence-electron chi connectivity index (χ3n) is 2.38. The van der Waals surface area contributed by atoms with E-state index < -0.39 is 10.0 Å². The number of nitrogens with one attached hydrogen (secondary N) is 1. The van der Waals surface area contributed by atoms with Crippen LogP contribution in [0.3, 0.4) is 0 Å². The highest BCUT2D eigenvalue weighted by atomic mass is 32.2. The van der Waals surface area contributed by atoms with Gasteiger partial charge < -0.3 is 0 Å². The summed E-state index contributed by atoms with van der Waals surface area (Å²) in [6.07, 6.45) is 1.51. The van der Waals surface area contributed by atoms with Crippen LogP contribution in [-0.4, -0.2) is 8.42 Å². The standard InChI is InChI=1S/C13H19NO2S/c1-9(2)8-14-17(15,16)13-11(4)6-10(3)7-12(13)5/h6-8,14H,1-5H3. The van der Waals surface area contributed by atoms with Crippen molar-refractivity contribution in [1.29, 1.82) is 0 Å². The molecule has 4 heteroatoms. The Morgan fingerprint density at radius 3 is 2.00 bits per heavy atom. The van der Waals surface area contributed by atoms with Gasteiger partial charge in [-0.05, 0) is 45.7 Å². The number of aryl methyl sites for hydroxylation is 3. The molecule has 0 fully saturated rings. The fraction of sp³-hybridized carbons (Fsp3) is 0.385. The zero-order valence-corrected chi connectivity index (χ0v) is 11.8. The van der Waals surface area contributed by atoms with Crippen molar-refractivity contribution >= 4 is 10.0 Å². The Kier molecular flexibility index (Phi) is 3.98. The second kappa shape index (κ2) is 4.92. The van der Waals surface area contributed by atoms with E-state index in [-0.39, 0.29) is 0 Å². The molecule has 94 valence electrons. The van der Waals surface area contributed by atoms with Gasteiger partial charge in [0.2, 0.25) is 0 Å². The maximum Gasteiger partial charge on any atom is 0.261 e. The van der Waals surface area contributed by atoms with Crippen LogP contribution >= 0.6 is 0 Å². The quantitative estimate of drug-likeness (QED) is 0.900. The van der Waals surface area contributed by atoms with Crippen LogP contribution < -0.4 is 4.72 Å². The summed E-state index contributed by atoms with van der Waals surface area (Å²) in [4.78, 5) is 0.376. The monoisotopic (exact) mass is 253 g/mol. The summed E-state index contributed by atoms with van der Waals surface area (Å²) in [5, 5.41) is 0. The molecule has 0 aliphatic rings. The van der Waals surface area contributed by atoms with Gasteiger partial charge in [0, 0.05) is 6.20 Å². The maximum atomic E-state index is 12.1. The van der Waals surface area contributed by atoms with Gasteiger partial charge in [0.25, 0.3) is 10.0 Å². The zero-order chi connectivity index (χ0) is 13.2. The van der Waals surface area contributed by atoms with Crippen LogP contribution in [0.5, 0.6) is 0 Å². The van der Waals surface area contributed by atoms with E-state index in [1.807, 2.05) is 46.8 Å². The molecule has 1 aromatic rings. The number of sulfonamides is 1. The number of benzene rings is 1. The van der Waals surface area contributed by atoms with Crippen LogP contribution in [0.2, 0.25) is 0 Å². The summed E-state index contributed by atoms with van der Waals surface area (Å²) in [5.41, 5.74) is 3.53. The van der Waals surface area contributed by atoms with E-state index in [1.54, 1.807) is 0 Å². The Labute approximate surface area is 104 Å². The lowest BCUT2D eigenvalue weighted by atomic mass is 10.1. The highest BCUT2D eigenvalue weighted by Crippen LogP contribution is 2.21. The van der Waals surface area contributed by atoms with E-state index in [1.165, 1.54) is 6.20 Å². The molecule has 0 amide bonds. The van der Waals surface area contributed by atoms with Crippen molar-refractivity contribution in [2.75, 3.05) is 0 Å². The minimum Gasteiger partial charge on any atom is -0.286 e. The Morgan fingerprint density at radius 2 is 1.59 bits per heavy atom. The molecule has 0 aromatic heterocycles. The van der Waals surface area contributed by atoms with Gasteiger partial charge in [-0.1, -0.05) is 23.3 Å². The molecule has 3 nitrogen and oxygen atoms in total. The van der Waals surface area contributed by atoms with Crippen molar-refractivity contribution in [2.24, 2.45) is 0 Å². The molecule has 0 saturated carbocycles. The van der Waals surface area contributed by atoms with Crippen molar-refractivity contribution in [2.45, 2.75) is 39.5 Å². The average Bonchev–Trinajstić information content (AvgIpc) is 2.12. The zero-order valence-electron chi connectivity index (χ0n) is 11.0. The van der Waals surface area contributed by atoms with E-state index in [4.69, 9.17) is 0 Å². The van der Waals surface area contributed by atoms with Crippen LogP contribution in [0.15, 0.2) is 28.8 Å². The topological polar surface area (TPSA) is 46.2 Å². The first-order chi connectivity index (χ1) is 7.74. The van der Waals surface area contributed by atoms with Crippen molar-refractivity contribution in [3.63, 3.8) is 0 Å². The Balaban J connectivity index is 3.30. The largest absolute Gasteiger partial charge is 0.286 e. The number of rotatable bonds is 3. The van der Waals surface area contributed by atoms with Crippen molar-refractivity contribution in [3.05, 3.63) is 40.6 Å². The van der Waals surface area contributed by atoms with Gasteiger partial charge in [-0.25, -0.2) is 8.42 Å². The molecular weight excluding hydrogens is 234 g/mol. The predicted molar refractivity (Wildman–Crippen MR) is 70.4 cm³/mol. The summed E-state index contributed by atoms with van der Waals surface area (Å²) in [6.45, 7) is 9.28. The van der Waals surface area contributed by atoms with Gasteiger partial charge in [-0.3, -0.25) is 4.72 Å². The van der Waals surface area contributed by atoms with Crippen molar-refractivity contribution < 1.29 is 8.42 Å². The third kappa shape index (κ3) is 3.33. The molecule has 1 aromatic carbocycles. The summed E-state index contributed by atoms with van der Waals surface area (Å²) in [5.74, 6) is 0. The Bertz CT molecular complexity index is 530. The van der Waals surface area contributed by atoms with Crippen LogP contribution in [0.1, 0.15) is 30.5 Å². The molecule has 0 unspecified atom stereocenters. The minimum atomic E-state index is -3.46. The van der Waals surface area contributed by atoms with Gasteiger partial charge in [-0.2, -0.15) is 0 Å². The summed E-state index contributed by atoms with van der Waals surface area (Å²) in [7, 11) is -3.46. The smallest absolute Gasteiger partial charge is 0.261 e. The average molecular weight is 253 g/mol. The lowest BCUT2D eigenvalue weighted by Gasteiger charge is -2.12. The molecule has 0 saturated heterocycles. The summed E-state index contributed by atoms with van der Waals surface area (Å²) in [6, 6.07) is 3.76. The minimum absolute atomic E-state index is 0.376. The van der Waals surface area contributed by atoms with E-state index in [2.05, 4.69) is 4.72 Å². The van der Waals surface area contributed by atoms with Crippen molar-refractivity contribution in [3.8, 4) is 0 Å². The molecule has 17 heavy (non-hydrogen) atoms. The highest BCUT2D eigenvalue weighted by molar-refractivity contribution is 7.89. The molecule has 0 spiro atoms. The normalized spacial score (nSPS) is 11.1. The lowest BCUT2D eigenvalue weighted by molar-refractivity contribution is 0.589. The molecule has 0 aliphatic carbocycles. The lowest BCUT2D eigenvalue weighted by Crippen LogP contribution is -2.20. The second-order valence-corrected chi connectivity index (χ2v) is 6.22. The maximum absolute atomic E-state index is 12.1. The molecule has 0 bridgehead atoms. The first-order valence-corrected chi connectivity index (χ1v) is 6.96. The first-order valence-electron chi connectivity index (χ1n) is 5.47. The van der Waals surface area contributed by atoms with Crippen LogP contribution in [0, 0.1) is 20.8 Å². The number of hydrogen-bond acceptors (Lipinski definition) is 2. The van der Waals surface area contributed by atoms with Crippen LogP contribution in [-0.2, 0) is 10.0 Å². The Hall–Kier alpha value is -1.29. The second-order valence-electron chi connectivity index (χ2n) is 4.57. The fourth-order valence-electron chi connectivity index (χ4n) is 1.85. The van der Waals surface area contributed by atoms with E-state index in [0.717, 1.165) is 22.3 Å². The number of hydrogen-bond donors (Lipinski definition) is 1. The molecule has 1 N–H and O–H groups in total. The summed E-state index contributed by atoms with van der Waals surface area (Å²) < 4.78 is 26.8. The SMILES string of the molecule is CC(C)=CNS(=O)(=O)c1c(C)cc(C)cc1C. The molecular formula is C13H19NO2S. The molecule has 0 radical (unpaired) electrons. The summed E-state index contributed by atoms with van der Waals surface area (Å²) >= 11 is 0. The van der Waals surface area contributed by atoms with Gasteiger partial charge in [0.1, 0.15) is 0 Å². The van der Waals surface area contributed by atoms with Gasteiger partial charge in [0.05, 0.1) is 4.90 Å². The third-order valence-corrected chi connectivity index (χ3v) is 3.99. The van der Waals surface area contributed by atoms with Gasteiger partial charge in [0.15, 0.2) is 0 Å². The van der Waals surface area contributed by atoms with Gasteiger partial charge >= 0.3 is 0 Å². The van der Waals surface area contributed by atoms with E-state index in [0.29, 0.717) is 4.90 Å². The molecule has 0 aliphatic heterocycles. The molecule has 0 heterocycles.